The number of aryl methyl sites for hydroxylation is 2. The Hall–Kier alpha value is -2.52. The topological polar surface area (TPSA) is 0 Å². The highest BCUT2D eigenvalue weighted by molar-refractivity contribution is 5.91. The second-order valence-corrected chi connectivity index (χ2v) is 4.77. The quantitative estimate of drug-likeness (QED) is 0.514. The van der Waals surface area contributed by atoms with E-state index in [1.54, 1.807) is 0 Å². The number of benzene rings is 3. The van der Waals surface area contributed by atoms with Crippen LogP contribution in [0.4, 0.5) is 0 Å². The number of hydrogen-bond acceptors (Lipinski definition) is 0. The molecule has 3 aromatic carbocycles. The van der Waals surface area contributed by atoms with Crippen molar-refractivity contribution >= 4 is 10.8 Å². The van der Waals surface area contributed by atoms with Gasteiger partial charge in [-0.1, -0.05) is 60.7 Å². The van der Waals surface area contributed by atoms with Crippen LogP contribution < -0.4 is 0 Å². The Morgan fingerprint density at radius 3 is 2.05 bits per heavy atom. The molecule has 0 heterocycles. The van der Waals surface area contributed by atoms with Crippen molar-refractivity contribution in [2.24, 2.45) is 0 Å². The number of hydrogen-bond donors (Lipinski definition) is 0. The molecule has 0 aliphatic carbocycles. The van der Waals surface area contributed by atoms with Crippen molar-refractivity contribution < 1.29 is 0 Å². The first kappa shape index (κ1) is 13.9. The highest BCUT2D eigenvalue weighted by Crippen LogP contribution is 2.31. The van der Waals surface area contributed by atoms with E-state index >= 15 is 0 Å². The lowest BCUT2D eigenvalue weighted by atomic mass is 9.93. The Labute approximate surface area is 121 Å². The molecule has 20 heavy (non-hydrogen) atoms. The second kappa shape index (κ2) is 6.08. The Morgan fingerprint density at radius 2 is 1.30 bits per heavy atom. The summed E-state index contributed by atoms with van der Waals surface area (Å²) in [6.45, 7) is 4.38. The van der Waals surface area contributed by atoms with Crippen LogP contribution in [0.3, 0.4) is 0 Å². The van der Waals surface area contributed by atoms with E-state index in [1.165, 1.54) is 33.0 Å². The third-order valence-corrected chi connectivity index (χ3v) is 3.63. The van der Waals surface area contributed by atoms with Crippen molar-refractivity contribution in [1.29, 1.82) is 0 Å². The summed E-state index contributed by atoms with van der Waals surface area (Å²) in [4.78, 5) is 0. The third kappa shape index (κ3) is 2.44. The lowest BCUT2D eigenvalue weighted by Gasteiger charge is -2.11. The van der Waals surface area contributed by atoms with Crippen LogP contribution in [-0.2, 0) is 0 Å². The molecule has 0 bridgehead atoms. The van der Waals surface area contributed by atoms with Crippen LogP contribution >= 0.6 is 0 Å². The van der Waals surface area contributed by atoms with E-state index < -0.39 is 0 Å². The van der Waals surface area contributed by atoms with Gasteiger partial charge in [-0.3, -0.25) is 0 Å². The molecule has 0 atom stereocenters. The molecule has 98 valence electrons. The molecule has 0 fully saturated rings. The second-order valence-electron chi connectivity index (χ2n) is 4.77. The van der Waals surface area contributed by atoms with E-state index in [4.69, 9.17) is 0 Å². The van der Waals surface area contributed by atoms with Gasteiger partial charge in [-0.05, 0) is 46.9 Å². The molecular weight excluding hydrogens is 240 g/mol. The van der Waals surface area contributed by atoms with Gasteiger partial charge in [0.25, 0.3) is 0 Å². The smallest absolute Gasteiger partial charge is 0.0146 e. The monoisotopic (exact) mass is 258 g/mol. The average molecular weight is 258 g/mol. The molecule has 0 aromatic heterocycles. The highest BCUT2D eigenvalue weighted by atomic mass is 14.1. The predicted octanol–water partition coefficient (Wildman–Crippen LogP) is 5.37. The van der Waals surface area contributed by atoms with Gasteiger partial charge in [0.2, 0.25) is 0 Å². The van der Waals surface area contributed by atoms with Crippen molar-refractivity contribution in [3.63, 3.8) is 0 Å². The molecular formula is C20H18. The van der Waals surface area contributed by atoms with Gasteiger partial charge >= 0.3 is 0 Å². The normalized spacial score (nSPS) is 9.80. The Morgan fingerprint density at radius 1 is 0.650 bits per heavy atom. The fourth-order valence-corrected chi connectivity index (χ4v) is 2.59. The fraction of sp³-hybridized carbons (Fsp3) is 0.100. The van der Waals surface area contributed by atoms with E-state index in [1.807, 2.05) is 0 Å². The maximum absolute atomic E-state index is 4.00. The summed E-state index contributed by atoms with van der Waals surface area (Å²) in [6.07, 6.45) is 8.00. The zero-order valence-corrected chi connectivity index (χ0v) is 11.9. The Balaban J connectivity index is 0.000000704. The molecule has 3 aromatic rings. The Kier molecular flexibility index (Phi) is 4.23. The summed E-state index contributed by atoms with van der Waals surface area (Å²) >= 11 is 0. The van der Waals surface area contributed by atoms with Crippen molar-refractivity contribution in [2.45, 2.75) is 13.8 Å². The number of fused-ring (bicyclic) bond motifs is 1. The first-order valence-electron chi connectivity index (χ1n) is 6.65. The minimum absolute atomic E-state index is 1.31. The van der Waals surface area contributed by atoms with Gasteiger partial charge in [0.15, 0.2) is 0 Å². The van der Waals surface area contributed by atoms with Gasteiger partial charge in [0.1, 0.15) is 0 Å². The lowest BCUT2D eigenvalue weighted by Crippen LogP contribution is -1.88. The van der Waals surface area contributed by atoms with Crippen molar-refractivity contribution in [1.82, 2.24) is 0 Å². The van der Waals surface area contributed by atoms with Gasteiger partial charge in [0.05, 0.1) is 0 Å². The first-order chi connectivity index (χ1) is 9.77. The number of rotatable bonds is 1. The Bertz CT molecular complexity index is 748. The summed E-state index contributed by atoms with van der Waals surface area (Å²) in [6, 6.07) is 21.6. The minimum atomic E-state index is 1.31. The molecule has 0 unspecified atom stereocenters. The molecule has 0 N–H and O–H groups in total. The van der Waals surface area contributed by atoms with E-state index in [-0.39, 0.29) is 0 Å². The standard InChI is InChI=1S/C18H16.C2H2/c1-13-7-3-5-9-16(13)18-12-11-15-8-4-6-10-17(15)14(18)2;1-2/h3-12H,1-2H3;1-2H. The van der Waals surface area contributed by atoms with Gasteiger partial charge in [-0.15, -0.1) is 12.8 Å². The van der Waals surface area contributed by atoms with E-state index in [0.717, 1.165) is 0 Å². The van der Waals surface area contributed by atoms with Crippen LogP contribution in [0.15, 0.2) is 60.7 Å². The van der Waals surface area contributed by atoms with Gasteiger partial charge in [-0.2, -0.15) is 0 Å². The summed E-state index contributed by atoms with van der Waals surface area (Å²) in [7, 11) is 0. The van der Waals surface area contributed by atoms with Crippen LogP contribution in [-0.4, -0.2) is 0 Å². The largest absolute Gasteiger partial charge is 0.124 e. The summed E-state index contributed by atoms with van der Waals surface area (Å²) in [5.74, 6) is 0. The van der Waals surface area contributed by atoms with E-state index in [0.29, 0.717) is 0 Å². The van der Waals surface area contributed by atoms with Gasteiger partial charge in [-0.25, -0.2) is 0 Å². The number of terminal acetylenes is 1. The van der Waals surface area contributed by atoms with Crippen LogP contribution in [0, 0.1) is 26.7 Å². The van der Waals surface area contributed by atoms with E-state index in [2.05, 4.69) is 87.4 Å². The molecule has 3 rings (SSSR count). The predicted molar refractivity (Wildman–Crippen MR) is 88.7 cm³/mol. The maximum atomic E-state index is 4.00. The fourth-order valence-electron chi connectivity index (χ4n) is 2.59. The van der Waals surface area contributed by atoms with Crippen LogP contribution in [0.25, 0.3) is 21.9 Å². The molecule has 0 amide bonds. The molecule has 0 nitrogen and oxygen atoms in total. The molecule has 0 spiro atoms. The third-order valence-electron chi connectivity index (χ3n) is 3.63. The molecule has 0 aliphatic rings. The summed E-state index contributed by atoms with van der Waals surface area (Å²) in [5.41, 5.74) is 5.37. The van der Waals surface area contributed by atoms with Gasteiger partial charge in [0, 0.05) is 0 Å². The highest BCUT2D eigenvalue weighted by Gasteiger charge is 2.06. The van der Waals surface area contributed by atoms with Crippen molar-refractivity contribution in [2.75, 3.05) is 0 Å². The zero-order valence-electron chi connectivity index (χ0n) is 11.9. The zero-order chi connectivity index (χ0) is 14.5. The molecule has 0 saturated heterocycles. The molecule has 0 saturated carbocycles. The van der Waals surface area contributed by atoms with E-state index in [9.17, 15) is 0 Å². The average Bonchev–Trinajstić information content (AvgIpc) is 2.51. The summed E-state index contributed by atoms with van der Waals surface area (Å²) < 4.78 is 0. The lowest BCUT2D eigenvalue weighted by molar-refractivity contribution is 1.43. The molecule has 0 radical (unpaired) electrons. The SMILES string of the molecule is C#C.Cc1ccccc1-c1ccc2ccccc2c1C. The van der Waals surface area contributed by atoms with Crippen LogP contribution in [0.5, 0.6) is 0 Å². The first-order valence-corrected chi connectivity index (χ1v) is 6.65. The van der Waals surface area contributed by atoms with Crippen LogP contribution in [0.2, 0.25) is 0 Å². The maximum Gasteiger partial charge on any atom is -0.0146 e. The molecule has 0 heteroatoms. The summed E-state index contributed by atoms with van der Waals surface area (Å²) in [5, 5.41) is 2.66. The van der Waals surface area contributed by atoms with Crippen molar-refractivity contribution in [3.05, 3.63) is 71.8 Å². The van der Waals surface area contributed by atoms with Crippen LogP contribution in [0.1, 0.15) is 11.1 Å². The molecule has 0 aliphatic heterocycles. The van der Waals surface area contributed by atoms with Gasteiger partial charge < -0.3 is 0 Å². The van der Waals surface area contributed by atoms with Crippen molar-refractivity contribution in [3.8, 4) is 24.0 Å². The minimum Gasteiger partial charge on any atom is -0.124 e.